The summed E-state index contributed by atoms with van der Waals surface area (Å²) in [6.07, 6.45) is 0. The number of amides is 1. The van der Waals surface area contributed by atoms with Gasteiger partial charge in [0.15, 0.2) is 15.6 Å². The van der Waals surface area contributed by atoms with Crippen molar-refractivity contribution >= 4 is 21.4 Å². The van der Waals surface area contributed by atoms with Crippen LogP contribution in [0, 0.1) is 0 Å². The van der Waals surface area contributed by atoms with Gasteiger partial charge in [-0.3, -0.25) is 4.79 Å². The van der Waals surface area contributed by atoms with Crippen LogP contribution < -0.4 is 10.1 Å². The van der Waals surface area contributed by atoms with Crippen molar-refractivity contribution < 1.29 is 22.4 Å². The molecule has 6 nitrogen and oxygen atoms in total. The first-order valence-electron chi connectivity index (χ1n) is 7.80. The van der Waals surface area contributed by atoms with Crippen LogP contribution in [-0.2, 0) is 15.6 Å². The van der Waals surface area contributed by atoms with E-state index in [1.807, 2.05) is 0 Å². The average Bonchev–Trinajstić information content (AvgIpc) is 3.10. The second kappa shape index (κ2) is 7.45. The third kappa shape index (κ3) is 4.12. The maximum atomic E-state index is 12.4. The zero-order valence-corrected chi connectivity index (χ0v) is 14.8. The number of rotatable bonds is 6. The fraction of sp³-hybridized carbons (Fsp3) is 0.105. The van der Waals surface area contributed by atoms with E-state index in [9.17, 15) is 13.2 Å². The highest BCUT2D eigenvalue weighted by Crippen LogP contribution is 2.20. The largest absolute Gasteiger partial charge is 0.497 e. The summed E-state index contributed by atoms with van der Waals surface area (Å²) in [6, 6.07) is 17.9. The van der Waals surface area contributed by atoms with Gasteiger partial charge in [-0.25, -0.2) is 8.42 Å². The summed E-state index contributed by atoms with van der Waals surface area (Å²) in [5.41, 5.74) is 0.546. The molecule has 2 aromatic carbocycles. The monoisotopic (exact) mass is 371 g/mol. The molecule has 0 saturated carbocycles. The number of methoxy groups -OCH3 is 1. The van der Waals surface area contributed by atoms with Crippen molar-refractivity contribution in [1.29, 1.82) is 0 Å². The van der Waals surface area contributed by atoms with Crippen LogP contribution in [0.4, 0.5) is 5.69 Å². The van der Waals surface area contributed by atoms with E-state index < -0.39 is 15.7 Å². The summed E-state index contributed by atoms with van der Waals surface area (Å²) in [5.74, 6) is 0.0536. The maximum Gasteiger partial charge on any atom is 0.291 e. The van der Waals surface area contributed by atoms with E-state index in [4.69, 9.17) is 9.15 Å². The number of carbonyl (C=O) groups is 1. The van der Waals surface area contributed by atoms with Crippen LogP contribution in [0.15, 0.2) is 76.0 Å². The van der Waals surface area contributed by atoms with Crippen LogP contribution in [0.1, 0.15) is 16.3 Å². The van der Waals surface area contributed by atoms with E-state index >= 15 is 0 Å². The van der Waals surface area contributed by atoms with Gasteiger partial charge in [-0.15, -0.1) is 0 Å². The van der Waals surface area contributed by atoms with Gasteiger partial charge < -0.3 is 14.5 Å². The highest BCUT2D eigenvalue weighted by molar-refractivity contribution is 7.90. The fourth-order valence-electron chi connectivity index (χ4n) is 2.37. The highest BCUT2D eigenvalue weighted by atomic mass is 32.2. The Kier molecular flexibility index (Phi) is 5.09. The number of hydrogen-bond donors (Lipinski definition) is 1. The Labute approximate surface area is 151 Å². The Bertz CT molecular complexity index is 1010. The van der Waals surface area contributed by atoms with Crippen molar-refractivity contribution in [2.45, 2.75) is 10.6 Å². The summed E-state index contributed by atoms with van der Waals surface area (Å²) in [6.45, 7) is 0. The van der Waals surface area contributed by atoms with Crippen LogP contribution in [0.25, 0.3) is 0 Å². The van der Waals surface area contributed by atoms with Gasteiger partial charge in [0.2, 0.25) is 0 Å². The molecule has 0 atom stereocenters. The average molecular weight is 371 g/mol. The lowest BCUT2D eigenvalue weighted by molar-refractivity contribution is 0.0995. The molecule has 26 heavy (non-hydrogen) atoms. The third-order valence-corrected chi connectivity index (χ3v) is 5.30. The molecule has 0 saturated heterocycles. The van der Waals surface area contributed by atoms with Crippen LogP contribution in [0.5, 0.6) is 5.75 Å². The molecule has 0 aliphatic carbocycles. The number of sulfone groups is 1. The number of ether oxygens (including phenoxy) is 1. The number of anilines is 1. The molecular formula is C19H17NO5S. The van der Waals surface area contributed by atoms with E-state index in [0.717, 1.165) is 0 Å². The molecule has 0 bridgehead atoms. The molecule has 0 radical (unpaired) electrons. The van der Waals surface area contributed by atoms with Gasteiger partial charge in [-0.05, 0) is 36.4 Å². The Balaban J connectivity index is 1.72. The van der Waals surface area contributed by atoms with Gasteiger partial charge in [0.25, 0.3) is 5.91 Å². The van der Waals surface area contributed by atoms with Crippen LogP contribution in [0.3, 0.4) is 0 Å². The number of furan rings is 1. The third-order valence-electron chi connectivity index (χ3n) is 3.65. The van der Waals surface area contributed by atoms with Gasteiger partial charge in [-0.1, -0.05) is 24.3 Å². The molecular weight excluding hydrogens is 354 g/mol. The highest BCUT2D eigenvalue weighted by Gasteiger charge is 2.19. The zero-order chi connectivity index (χ0) is 18.6. The molecule has 7 heteroatoms. The summed E-state index contributed by atoms with van der Waals surface area (Å²) < 4.78 is 35.2. The van der Waals surface area contributed by atoms with E-state index in [-0.39, 0.29) is 22.2 Å². The number of nitrogens with one attached hydrogen (secondary N) is 1. The Morgan fingerprint density at radius 3 is 2.54 bits per heavy atom. The minimum atomic E-state index is -3.54. The van der Waals surface area contributed by atoms with Crippen molar-refractivity contribution in [2.24, 2.45) is 0 Å². The van der Waals surface area contributed by atoms with Gasteiger partial charge in [-0.2, -0.15) is 0 Å². The minimum absolute atomic E-state index is 0.0334. The standard InChI is InChI=1S/C19H17NO5S/c1-24-15-7-5-6-14(12-15)20-19(21)18-11-10-16(25-18)13-26(22,23)17-8-3-2-4-9-17/h2-12H,13H2,1H3,(H,20,21). The van der Waals surface area contributed by atoms with E-state index in [1.165, 1.54) is 31.4 Å². The van der Waals surface area contributed by atoms with Crippen molar-refractivity contribution in [1.82, 2.24) is 0 Å². The molecule has 0 unspecified atom stereocenters. The molecule has 3 rings (SSSR count). The first-order valence-corrected chi connectivity index (χ1v) is 9.45. The Morgan fingerprint density at radius 1 is 1.04 bits per heavy atom. The van der Waals surface area contributed by atoms with Gasteiger partial charge in [0.1, 0.15) is 17.3 Å². The second-order valence-electron chi connectivity index (χ2n) is 5.52. The Morgan fingerprint density at radius 2 is 1.81 bits per heavy atom. The Hall–Kier alpha value is -3.06. The maximum absolute atomic E-state index is 12.4. The summed E-state index contributed by atoms with van der Waals surface area (Å²) >= 11 is 0. The van der Waals surface area contributed by atoms with Crippen molar-refractivity contribution in [3.63, 3.8) is 0 Å². The predicted molar refractivity (Wildman–Crippen MR) is 97.0 cm³/mol. The molecule has 0 fully saturated rings. The summed E-state index contributed by atoms with van der Waals surface area (Å²) in [7, 11) is -2.00. The quantitative estimate of drug-likeness (QED) is 0.717. The van der Waals surface area contributed by atoms with Gasteiger partial charge >= 0.3 is 0 Å². The SMILES string of the molecule is COc1cccc(NC(=O)c2ccc(CS(=O)(=O)c3ccccc3)o2)c1. The van der Waals surface area contributed by atoms with Crippen LogP contribution in [-0.4, -0.2) is 21.4 Å². The van der Waals surface area contributed by atoms with Crippen molar-refractivity contribution in [3.8, 4) is 5.75 Å². The number of carbonyl (C=O) groups excluding carboxylic acids is 1. The lowest BCUT2D eigenvalue weighted by Crippen LogP contribution is -2.11. The number of benzene rings is 2. The second-order valence-corrected chi connectivity index (χ2v) is 7.51. The normalized spacial score (nSPS) is 11.1. The molecule has 0 aliphatic heterocycles. The van der Waals surface area contributed by atoms with E-state index in [0.29, 0.717) is 11.4 Å². The fourth-order valence-corrected chi connectivity index (χ4v) is 3.64. The zero-order valence-electron chi connectivity index (χ0n) is 14.0. The topological polar surface area (TPSA) is 85.6 Å². The first-order chi connectivity index (χ1) is 12.5. The molecule has 1 amide bonds. The van der Waals surface area contributed by atoms with Gasteiger partial charge in [0.05, 0.1) is 12.0 Å². The van der Waals surface area contributed by atoms with Crippen LogP contribution in [0.2, 0.25) is 0 Å². The van der Waals surface area contributed by atoms with Gasteiger partial charge in [0, 0.05) is 11.8 Å². The lowest BCUT2D eigenvalue weighted by Gasteiger charge is -2.05. The van der Waals surface area contributed by atoms with Crippen molar-refractivity contribution in [3.05, 3.63) is 78.3 Å². The molecule has 1 N–H and O–H groups in total. The smallest absolute Gasteiger partial charge is 0.291 e. The minimum Gasteiger partial charge on any atom is -0.497 e. The van der Waals surface area contributed by atoms with E-state index in [2.05, 4.69) is 5.32 Å². The lowest BCUT2D eigenvalue weighted by atomic mass is 10.3. The first kappa shape index (κ1) is 17.8. The predicted octanol–water partition coefficient (Wildman–Crippen LogP) is 3.51. The van der Waals surface area contributed by atoms with Crippen molar-refractivity contribution in [2.75, 3.05) is 12.4 Å². The molecule has 1 heterocycles. The summed E-state index contributed by atoms with van der Waals surface area (Å²) in [5, 5.41) is 2.68. The molecule has 3 aromatic rings. The van der Waals surface area contributed by atoms with E-state index in [1.54, 1.807) is 42.5 Å². The molecule has 0 spiro atoms. The molecule has 0 aliphatic rings. The molecule has 1 aromatic heterocycles. The number of hydrogen-bond acceptors (Lipinski definition) is 5. The van der Waals surface area contributed by atoms with Crippen LogP contribution >= 0.6 is 0 Å². The summed E-state index contributed by atoms with van der Waals surface area (Å²) in [4.78, 5) is 12.5. The molecule has 134 valence electrons.